The SMILES string of the molecule is O=C(O)c1ccccc1-c1ccc(CN2C(=O)S/C(=C\c3ccc(O)cc3)C2=O)cc1. The molecule has 6 nitrogen and oxygen atoms in total. The maximum atomic E-state index is 12.7. The van der Waals surface area contributed by atoms with Crippen molar-refractivity contribution in [2.24, 2.45) is 0 Å². The van der Waals surface area contributed by atoms with Crippen molar-refractivity contribution in [2.45, 2.75) is 6.54 Å². The van der Waals surface area contributed by atoms with Crippen LogP contribution >= 0.6 is 11.8 Å². The molecule has 1 fully saturated rings. The fraction of sp³-hybridized carbons (Fsp3) is 0.0417. The van der Waals surface area contributed by atoms with Crippen molar-refractivity contribution in [1.82, 2.24) is 4.90 Å². The van der Waals surface area contributed by atoms with Crippen LogP contribution in [0, 0.1) is 0 Å². The fourth-order valence-electron chi connectivity index (χ4n) is 3.25. The lowest BCUT2D eigenvalue weighted by Crippen LogP contribution is -2.27. The lowest BCUT2D eigenvalue weighted by Gasteiger charge is -2.13. The van der Waals surface area contributed by atoms with Crippen LogP contribution in [0.25, 0.3) is 17.2 Å². The Labute approximate surface area is 182 Å². The van der Waals surface area contributed by atoms with E-state index < -0.39 is 5.97 Å². The number of phenols is 1. The Hall–Kier alpha value is -3.84. The van der Waals surface area contributed by atoms with Gasteiger partial charge in [-0.05, 0) is 58.3 Å². The summed E-state index contributed by atoms with van der Waals surface area (Å²) in [6.07, 6.45) is 1.62. The Morgan fingerprint density at radius 1 is 0.935 bits per heavy atom. The molecule has 0 aromatic heterocycles. The second-order valence-corrected chi connectivity index (χ2v) is 7.90. The highest BCUT2D eigenvalue weighted by Crippen LogP contribution is 2.34. The van der Waals surface area contributed by atoms with E-state index in [1.54, 1.807) is 66.7 Å². The molecule has 3 aromatic rings. The number of aromatic carboxylic acids is 1. The molecule has 7 heteroatoms. The molecule has 154 valence electrons. The molecule has 0 atom stereocenters. The average Bonchev–Trinajstić information content (AvgIpc) is 3.03. The zero-order chi connectivity index (χ0) is 22.0. The number of aromatic hydroxyl groups is 1. The van der Waals surface area contributed by atoms with E-state index in [4.69, 9.17) is 0 Å². The van der Waals surface area contributed by atoms with Crippen LogP contribution in [0.4, 0.5) is 4.79 Å². The first-order valence-electron chi connectivity index (χ1n) is 9.38. The van der Waals surface area contributed by atoms with Gasteiger partial charge in [-0.2, -0.15) is 0 Å². The lowest BCUT2D eigenvalue weighted by molar-refractivity contribution is -0.123. The number of imide groups is 1. The number of benzene rings is 3. The number of carbonyl (C=O) groups excluding carboxylic acids is 2. The molecule has 1 heterocycles. The topological polar surface area (TPSA) is 94.9 Å². The molecular weight excluding hydrogens is 414 g/mol. The molecule has 0 radical (unpaired) electrons. The van der Waals surface area contributed by atoms with Crippen molar-refractivity contribution in [3.05, 3.63) is 94.4 Å². The van der Waals surface area contributed by atoms with E-state index >= 15 is 0 Å². The quantitative estimate of drug-likeness (QED) is 0.553. The van der Waals surface area contributed by atoms with Crippen molar-refractivity contribution in [3.63, 3.8) is 0 Å². The molecule has 2 amide bonds. The molecule has 0 aliphatic carbocycles. The van der Waals surface area contributed by atoms with Crippen LogP contribution in [0.1, 0.15) is 21.5 Å². The molecule has 3 aromatic carbocycles. The van der Waals surface area contributed by atoms with E-state index in [0.717, 1.165) is 22.9 Å². The maximum absolute atomic E-state index is 12.7. The van der Waals surface area contributed by atoms with Crippen molar-refractivity contribution in [2.75, 3.05) is 0 Å². The van der Waals surface area contributed by atoms with Gasteiger partial charge in [0.15, 0.2) is 0 Å². The summed E-state index contributed by atoms with van der Waals surface area (Å²) in [4.78, 5) is 38.0. The molecule has 0 saturated carbocycles. The van der Waals surface area contributed by atoms with Crippen molar-refractivity contribution in [3.8, 4) is 16.9 Å². The monoisotopic (exact) mass is 431 g/mol. The first kappa shape index (κ1) is 20.4. The minimum atomic E-state index is -1.00. The van der Waals surface area contributed by atoms with Gasteiger partial charge in [0.25, 0.3) is 11.1 Å². The highest BCUT2D eigenvalue weighted by molar-refractivity contribution is 8.18. The summed E-state index contributed by atoms with van der Waals surface area (Å²) in [6, 6.07) is 20.2. The molecule has 0 spiro atoms. The van der Waals surface area contributed by atoms with E-state index in [1.807, 2.05) is 0 Å². The average molecular weight is 431 g/mol. The summed E-state index contributed by atoms with van der Waals surface area (Å²) in [6.45, 7) is 0.123. The fourth-order valence-corrected chi connectivity index (χ4v) is 4.09. The Morgan fingerprint density at radius 2 is 1.61 bits per heavy atom. The second-order valence-electron chi connectivity index (χ2n) is 6.91. The maximum Gasteiger partial charge on any atom is 0.336 e. The van der Waals surface area contributed by atoms with Gasteiger partial charge in [-0.1, -0.05) is 54.6 Å². The van der Waals surface area contributed by atoms with Crippen LogP contribution in [0.15, 0.2) is 77.7 Å². The van der Waals surface area contributed by atoms with Gasteiger partial charge < -0.3 is 10.2 Å². The third kappa shape index (κ3) is 4.36. The normalized spacial score (nSPS) is 15.0. The Morgan fingerprint density at radius 3 is 2.29 bits per heavy atom. The molecule has 1 saturated heterocycles. The zero-order valence-electron chi connectivity index (χ0n) is 16.2. The molecule has 1 aliphatic rings. The summed E-state index contributed by atoms with van der Waals surface area (Å²) < 4.78 is 0. The molecule has 0 bridgehead atoms. The van der Waals surface area contributed by atoms with E-state index in [9.17, 15) is 24.6 Å². The van der Waals surface area contributed by atoms with Gasteiger partial charge in [-0.25, -0.2) is 4.79 Å². The summed E-state index contributed by atoms with van der Waals surface area (Å²) in [5.41, 5.74) is 3.02. The molecule has 2 N–H and O–H groups in total. The van der Waals surface area contributed by atoms with Gasteiger partial charge in [-0.3, -0.25) is 14.5 Å². The molecular formula is C24H17NO5S. The van der Waals surface area contributed by atoms with E-state index in [-0.39, 0.29) is 29.0 Å². The smallest absolute Gasteiger partial charge is 0.336 e. The first-order valence-corrected chi connectivity index (χ1v) is 10.2. The molecule has 0 unspecified atom stereocenters. The van der Waals surface area contributed by atoms with E-state index in [0.29, 0.717) is 16.0 Å². The minimum Gasteiger partial charge on any atom is -0.508 e. The summed E-state index contributed by atoms with van der Waals surface area (Å²) >= 11 is 0.876. The van der Waals surface area contributed by atoms with Gasteiger partial charge in [0.2, 0.25) is 0 Å². The standard InChI is InChI=1S/C24H17NO5S/c26-18-11-7-15(8-12-18)13-21-22(27)25(24(30)31-21)14-16-5-9-17(10-6-16)19-3-1-2-4-20(19)23(28)29/h1-13,26H,14H2,(H,28,29)/b21-13-. The number of hydrogen-bond acceptors (Lipinski definition) is 5. The molecule has 31 heavy (non-hydrogen) atoms. The Balaban J connectivity index is 1.52. The third-order valence-electron chi connectivity index (χ3n) is 4.83. The number of thioether (sulfide) groups is 1. The van der Waals surface area contributed by atoms with Gasteiger partial charge in [0.05, 0.1) is 17.0 Å². The zero-order valence-corrected chi connectivity index (χ0v) is 17.0. The van der Waals surface area contributed by atoms with Crippen molar-refractivity contribution < 1.29 is 24.6 Å². The number of phenolic OH excluding ortho intramolecular Hbond substituents is 1. The van der Waals surface area contributed by atoms with Gasteiger partial charge >= 0.3 is 5.97 Å². The van der Waals surface area contributed by atoms with Gasteiger partial charge in [-0.15, -0.1) is 0 Å². The number of hydrogen-bond donors (Lipinski definition) is 2. The second kappa shape index (κ2) is 8.49. The summed E-state index contributed by atoms with van der Waals surface area (Å²) in [5, 5.41) is 18.4. The van der Waals surface area contributed by atoms with E-state index in [1.165, 1.54) is 17.0 Å². The van der Waals surface area contributed by atoms with Crippen LogP contribution < -0.4 is 0 Å². The number of carboxylic acid groups (broad SMARTS) is 1. The van der Waals surface area contributed by atoms with Crippen LogP contribution in [0.5, 0.6) is 5.75 Å². The van der Waals surface area contributed by atoms with Crippen LogP contribution in [0.3, 0.4) is 0 Å². The summed E-state index contributed by atoms with van der Waals surface area (Å²) in [7, 11) is 0. The third-order valence-corrected chi connectivity index (χ3v) is 5.73. The number of carboxylic acids is 1. The highest BCUT2D eigenvalue weighted by atomic mass is 32.2. The first-order chi connectivity index (χ1) is 14.9. The predicted molar refractivity (Wildman–Crippen MR) is 118 cm³/mol. The van der Waals surface area contributed by atoms with Crippen LogP contribution in [-0.2, 0) is 11.3 Å². The van der Waals surface area contributed by atoms with Crippen molar-refractivity contribution >= 4 is 35.0 Å². The highest BCUT2D eigenvalue weighted by Gasteiger charge is 2.34. The molecule has 1 aliphatic heterocycles. The number of amides is 2. The predicted octanol–water partition coefficient (Wildman–Crippen LogP) is 4.99. The number of rotatable bonds is 5. The van der Waals surface area contributed by atoms with Crippen LogP contribution in [-0.4, -0.2) is 32.2 Å². The Kier molecular flexibility index (Phi) is 5.60. The van der Waals surface area contributed by atoms with Gasteiger partial charge in [0.1, 0.15) is 5.75 Å². The molecule has 4 rings (SSSR count). The number of carbonyl (C=O) groups is 3. The van der Waals surface area contributed by atoms with Crippen molar-refractivity contribution in [1.29, 1.82) is 0 Å². The summed E-state index contributed by atoms with van der Waals surface area (Å²) in [5.74, 6) is -1.25. The van der Waals surface area contributed by atoms with Crippen LogP contribution in [0.2, 0.25) is 0 Å². The minimum absolute atomic E-state index is 0.123. The van der Waals surface area contributed by atoms with Gasteiger partial charge in [0, 0.05) is 0 Å². The largest absolute Gasteiger partial charge is 0.508 e. The lowest BCUT2D eigenvalue weighted by atomic mass is 9.98. The van der Waals surface area contributed by atoms with E-state index in [2.05, 4.69) is 0 Å². The number of nitrogens with zero attached hydrogens (tertiary/aromatic N) is 1. The Bertz CT molecular complexity index is 1200.